The third-order valence-electron chi connectivity index (χ3n) is 6.23. The van der Waals surface area contributed by atoms with E-state index in [1.54, 1.807) is 28.8 Å². The molecule has 1 spiro atoms. The Bertz CT molecular complexity index is 1140. The van der Waals surface area contributed by atoms with Gasteiger partial charge in [-0.2, -0.15) is 15.6 Å². The highest BCUT2D eigenvalue weighted by atomic mass is 32.2. The number of rotatable bonds is 5. The van der Waals surface area contributed by atoms with E-state index in [9.17, 15) is 8.42 Å². The third-order valence-corrected chi connectivity index (χ3v) is 8.93. The second-order valence-electron chi connectivity index (χ2n) is 7.98. The van der Waals surface area contributed by atoms with Crippen molar-refractivity contribution < 1.29 is 13.2 Å². The van der Waals surface area contributed by atoms with Crippen LogP contribution in [0.3, 0.4) is 0 Å². The highest BCUT2D eigenvalue weighted by molar-refractivity contribution is 7.89. The Balaban J connectivity index is 1.52. The van der Waals surface area contributed by atoms with E-state index in [1.807, 2.05) is 42.5 Å². The van der Waals surface area contributed by atoms with Gasteiger partial charge in [0.1, 0.15) is 5.75 Å². The van der Waals surface area contributed by atoms with Crippen LogP contribution in [0.5, 0.6) is 5.75 Å². The average Bonchev–Trinajstić information content (AvgIpc) is 3.46. The van der Waals surface area contributed by atoms with E-state index in [1.165, 1.54) is 5.56 Å². The Morgan fingerprint density at radius 3 is 2.57 bits per heavy atom. The lowest BCUT2D eigenvalue weighted by Gasteiger charge is -2.34. The number of ether oxygens (including phenoxy) is 1. The summed E-state index contributed by atoms with van der Waals surface area (Å²) in [7, 11) is -1.93. The van der Waals surface area contributed by atoms with Crippen molar-refractivity contribution >= 4 is 21.4 Å². The molecule has 2 aromatic carbocycles. The minimum Gasteiger partial charge on any atom is -0.497 e. The maximum absolute atomic E-state index is 13.6. The number of hydrogen-bond acceptors (Lipinski definition) is 5. The number of benzene rings is 2. The number of fused-ring (bicyclic) bond motifs is 2. The van der Waals surface area contributed by atoms with Gasteiger partial charge in [0.15, 0.2) is 0 Å². The molecule has 1 atom stereocenters. The van der Waals surface area contributed by atoms with Crippen molar-refractivity contribution in [2.45, 2.75) is 29.9 Å². The molecule has 5 rings (SSSR count). The molecule has 7 heteroatoms. The SMILES string of the molecule is COc1ccc(CN2C3(CCN(Cc4ccsc4)C3)c3ccccc3S2(=O)=O)cc1. The zero-order valence-electron chi connectivity index (χ0n) is 16.8. The van der Waals surface area contributed by atoms with Crippen molar-refractivity contribution in [1.29, 1.82) is 0 Å². The smallest absolute Gasteiger partial charge is 0.244 e. The summed E-state index contributed by atoms with van der Waals surface area (Å²) in [5.74, 6) is 0.767. The zero-order chi connectivity index (χ0) is 20.8. The molecule has 0 radical (unpaired) electrons. The molecular weight excluding hydrogens is 416 g/mol. The standard InChI is InChI=1S/C23H24N2O3S2/c1-28-20-8-6-18(7-9-20)15-25-23(21-4-2-3-5-22(21)30(25,26)27)11-12-24(17-23)14-19-10-13-29-16-19/h2-10,13,16H,11-12,14-15,17H2,1H3. The van der Waals surface area contributed by atoms with Gasteiger partial charge in [0.05, 0.1) is 17.5 Å². The van der Waals surface area contributed by atoms with Crippen molar-refractivity contribution in [3.05, 3.63) is 82.0 Å². The first-order chi connectivity index (χ1) is 14.5. The number of thiophene rings is 1. The van der Waals surface area contributed by atoms with E-state index in [2.05, 4.69) is 21.7 Å². The molecule has 0 aliphatic carbocycles. The minimum absolute atomic E-state index is 0.354. The molecule has 1 aromatic heterocycles. The van der Waals surface area contributed by atoms with E-state index in [-0.39, 0.29) is 0 Å². The van der Waals surface area contributed by atoms with E-state index >= 15 is 0 Å². The van der Waals surface area contributed by atoms with Crippen LogP contribution in [0.1, 0.15) is 23.1 Å². The first-order valence-corrected chi connectivity index (χ1v) is 12.4. The molecule has 2 aliphatic heterocycles. The molecule has 0 saturated carbocycles. The van der Waals surface area contributed by atoms with E-state index in [0.717, 1.165) is 36.4 Å². The highest BCUT2D eigenvalue weighted by Gasteiger charge is 2.56. The first kappa shape index (κ1) is 19.8. The molecule has 5 nitrogen and oxygen atoms in total. The van der Waals surface area contributed by atoms with Crippen LogP contribution < -0.4 is 4.74 Å². The normalized spacial score (nSPS) is 23.1. The van der Waals surface area contributed by atoms with Crippen LogP contribution >= 0.6 is 11.3 Å². The summed E-state index contributed by atoms with van der Waals surface area (Å²) in [4.78, 5) is 2.83. The lowest BCUT2D eigenvalue weighted by atomic mass is 9.88. The number of nitrogens with zero attached hydrogens (tertiary/aromatic N) is 2. The Kier molecular flexibility index (Phi) is 4.94. The zero-order valence-corrected chi connectivity index (χ0v) is 18.5. The van der Waals surface area contributed by atoms with E-state index in [0.29, 0.717) is 18.0 Å². The summed E-state index contributed by atoms with van der Waals surface area (Å²) in [5.41, 5.74) is 2.66. The van der Waals surface area contributed by atoms with Gasteiger partial charge in [0, 0.05) is 26.2 Å². The number of hydrogen-bond donors (Lipinski definition) is 0. The molecule has 3 heterocycles. The van der Waals surface area contributed by atoms with Crippen LogP contribution in [0, 0.1) is 0 Å². The second-order valence-corrected chi connectivity index (χ2v) is 10.6. The Labute approximate surface area is 181 Å². The number of likely N-dealkylation sites (tertiary alicyclic amines) is 1. The van der Waals surface area contributed by atoms with Crippen LogP contribution in [0.25, 0.3) is 0 Å². The molecule has 1 fully saturated rings. The van der Waals surface area contributed by atoms with Gasteiger partial charge in [-0.15, -0.1) is 0 Å². The molecule has 30 heavy (non-hydrogen) atoms. The van der Waals surface area contributed by atoms with Crippen LogP contribution in [0.2, 0.25) is 0 Å². The quantitative estimate of drug-likeness (QED) is 0.600. The lowest BCUT2D eigenvalue weighted by molar-refractivity contribution is 0.184. The molecule has 3 aromatic rings. The topological polar surface area (TPSA) is 49.9 Å². The summed E-state index contributed by atoms with van der Waals surface area (Å²) in [6.45, 7) is 2.78. The molecule has 1 unspecified atom stereocenters. The monoisotopic (exact) mass is 440 g/mol. The fourth-order valence-electron chi connectivity index (χ4n) is 4.76. The van der Waals surface area contributed by atoms with Gasteiger partial charge in [-0.25, -0.2) is 8.42 Å². The largest absolute Gasteiger partial charge is 0.497 e. The van der Waals surface area contributed by atoms with Crippen molar-refractivity contribution in [2.24, 2.45) is 0 Å². The van der Waals surface area contributed by atoms with Gasteiger partial charge in [-0.3, -0.25) is 4.90 Å². The van der Waals surface area contributed by atoms with Crippen molar-refractivity contribution in [3.63, 3.8) is 0 Å². The van der Waals surface area contributed by atoms with Gasteiger partial charge in [0.25, 0.3) is 0 Å². The van der Waals surface area contributed by atoms with E-state index in [4.69, 9.17) is 4.74 Å². The maximum atomic E-state index is 13.6. The van der Waals surface area contributed by atoms with Crippen LogP contribution in [0.4, 0.5) is 0 Å². The third kappa shape index (κ3) is 3.17. The van der Waals surface area contributed by atoms with Gasteiger partial charge in [0.2, 0.25) is 10.0 Å². The van der Waals surface area contributed by atoms with Crippen molar-refractivity contribution in [1.82, 2.24) is 9.21 Å². The molecule has 156 valence electrons. The van der Waals surface area contributed by atoms with Crippen molar-refractivity contribution in [3.8, 4) is 5.75 Å². The highest BCUT2D eigenvalue weighted by Crippen LogP contribution is 2.50. The molecule has 0 bridgehead atoms. The van der Waals surface area contributed by atoms with Gasteiger partial charge in [-0.1, -0.05) is 30.3 Å². The molecule has 0 amide bonds. The fraction of sp³-hybridized carbons (Fsp3) is 0.304. The fourth-order valence-corrected chi connectivity index (χ4v) is 7.47. The minimum atomic E-state index is -3.56. The van der Waals surface area contributed by atoms with Gasteiger partial charge in [-0.05, 0) is 58.1 Å². The summed E-state index contributed by atoms with van der Waals surface area (Å²) in [5, 5.41) is 4.26. The maximum Gasteiger partial charge on any atom is 0.244 e. The van der Waals surface area contributed by atoms with Gasteiger partial charge < -0.3 is 4.74 Å². The first-order valence-electron chi connectivity index (χ1n) is 10.0. The Morgan fingerprint density at radius 1 is 1.03 bits per heavy atom. The summed E-state index contributed by atoms with van der Waals surface area (Å²) in [6, 6.07) is 17.3. The summed E-state index contributed by atoms with van der Waals surface area (Å²) < 4.78 is 34.1. The Hall–Kier alpha value is -2.19. The molecular formula is C23H24N2O3S2. The van der Waals surface area contributed by atoms with E-state index < -0.39 is 15.6 Å². The average molecular weight is 441 g/mol. The van der Waals surface area contributed by atoms with Crippen LogP contribution in [0.15, 0.2) is 70.3 Å². The molecule has 1 saturated heterocycles. The van der Waals surface area contributed by atoms with Gasteiger partial charge >= 0.3 is 0 Å². The number of sulfonamides is 1. The summed E-state index contributed by atoms with van der Waals surface area (Å²) >= 11 is 1.70. The predicted molar refractivity (Wildman–Crippen MR) is 118 cm³/mol. The Morgan fingerprint density at radius 2 is 1.83 bits per heavy atom. The predicted octanol–water partition coefficient (Wildman–Crippen LogP) is 4.06. The molecule has 0 N–H and O–H groups in total. The second kappa shape index (κ2) is 7.50. The van der Waals surface area contributed by atoms with Crippen LogP contribution in [-0.4, -0.2) is 37.8 Å². The lowest BCUT2D eigenvalue weighted by Crippen LogP contribution is -2.45. The molecule has 2 aliphatic rings. The summed E-state index contributed by atoms with van der Waals surface area (Å²) in [6.07, 6.45) is 0.795. The van der Waals surface area contributed by atoms with Crippen molar-refractivity contribution in [2.75, 3.05) is 20.2 Å². The number of methoxy groups -OCH3 is 1. The van der Waals surface area contributed by atoms with Crippen LogP contribution in [-0.2, 0) is 28.7 Å².